The van der Waals surface area contributed by atoms with Gasteiger partial charge in [-0.2, -0.15) is 0 Å². The molecule has 0 aromatic rings. The van der Waals surface area contributed by atoms with Gasteiger partial charge in [-0.1, -0.05) is 53.0 Å². The van der Waals surface area contributed by atoms with Gasteiger partial charge >= 0.3 is 0 Å². The third-order valence-electron chi connectivity index (χ3n) is 2.77. The summed E-state index contributed by atoms with van der Waals surface area (Å²) in [6.45, 7) is 10.5. The van der Waals surface area contributed by atoms with Crippen molar-refractivity contribution >= 4 is 8.24 Å². The second-order valence-corrected chi connectivity index (χ2v) is 8.77. The van der Waals surface area contributed by atoms with Crippen molar-refractivity contribution < 1.29 is 0 Å². The maximum atomic E-state index is 3.77. The Labute approximate surface area is 85.4 Å². The first kappa shape index (κ1) is 13.2. The van der Waals surface area contributed by atoms with Crippen molar-refractivity contribution in [1.29, 1.82) is 0 Å². The summed E-state index contributed by atoms with van der Waals surface area (Å²) in [5.74, 6) is 0. The zero-order valence-corrected chi connectivity index (χ0v) is 10.9. The molecular formula is C11H27NSi. The normalized spacial score (nSPS) is 12.0. The van der Waals surface area contributed by atoms with Gasteiger partial charge < -0.3 is 4.98 Å². The molecular weight excluding hydrogens is 174 g/mol. The van der Waals surface area contributed by atoms with E-state index in [0.29, 0.717) is 0 Å². The average Bonchev–Trinajstić information content (AvgIpc) is 2.12. The number of hydrogen-bond donors (Lipinski definition) is 1. The van der Waals surface area contributed by atoms with Gasteiger partial charge in [0.15, 0.2) is 0 Å². The molecule has 0 atom stereocenters. The van der Waals surface area contributed by atoms with E-state index in [-0.39, 0.29) is 0 Å². The van der Waals surface area contributed by atoms with Crippen LogP contribution in [-0.2, 0) is 0 Å². The monoisotopic (exact) mass is 201 g/mol. The molecule has 80 valence electrons. The lowest BCUT2D eigenvalue weighted by Crippen LogP contribution is -2.47. The van der Waals surface area contributed by atoms with Crippen LogP contribution in [0.4, 0.5) is 0 Å². The summed E-state index contributed by atoms with van der Waals surface area (Å²) in [5, 5.41) is 0. The summed E-state index contributed by atoms with van der Waals surface area (Å²) in [7, 11) is -1.04. The minimum absolute atomic E-state index is 1.04. The van der Waals surface area contributed by atoms with Gasteiger partial charge in [-0.3, -0.25) is 0 Å². The summed E-state index contributed by atoms with van der Waals surface area (Å²) < 4.78 is 0. The SMILES string of the molecule is CCCC[Si](C)(CCCC)NCC. The number of nitrogens with one attached hydrogen (secondary N) is 1. The summed E-state index contributed by atoms with van der Waals surface area (Å²) >= 11 is 0. The quantitative estimate of drug-likeness (QED) is 0.590. The van der Waals surface area contributed by atoms with Gasteiger partial charge in [0, 0.05) is 0 Å². The predicted molar refractivity (Wildman–Crippen MR) is 64.7 cm³/mol. The summed E-state index contributed by atoms with van der Waals surface area (Å²) in [4.78, 5) is 3.77. The lowest BCUT2D eigenvalue weighted by Gasteiger charge is -2.28. The van der Waals surface area contributed by atoms with Gasteiger partial charge in [0.1, 0.15) is 8.24 Å². The lowest BCUT2D eigenvalue weighted by molar-refractivity contribution is 0.793. The summed E-state index contributed by atoms with van der Waals surface area (Å²) in [5.41, 5.74) is 0. The molecule has 0 aliphatic heterocycles. The first-order valence-electron chi connectivity index (χ1n) is 5.93. The van der Waals surface area contributed by atoms with E-state index in [9.17, 15) is 0 Å². The molecule has 0 fully saturated rings. The van der Waals surface area contributed by atoms with Crippen molar-refractivity contribution in [3.8, 4) is 0 Å². The maximum absolute atomic E-state index is 3.77. The Morgan fingerprint density at radius 2 is 1.38 bits per heavy atom. The van der Waals surface area contributed by atoms with E-state index in [1.165, 1.54) is 37.8 Å². The molecule has 0 aliphatic rings. The Kier molecular flexibility index (Phi) is 7.67. The van der Waals surface area contributed by atoms with E-state index in [4.69, 9.17) is 0 Å². The van der Waals surface area contributed by atoms with Crippen molar-refractivity contribution in [3.63, 3.8) is 0 Å². The fourth-order valence-corrected chi connectivity index (χ4v) is 5.59. The third kappa shape index (κ3) is 6.27. The summed E-state index contributed by atoms with van der Waals surface area (Å²) in [6, 6.07) is 2.94. The average molecular weight is 201 g/mol. The van der Waals surface area contributed by atoms with Gasteiger partial charge in [0.05, 0.1) is 0 Å². The Morgan fingerprint density at radius 3 is 1.69 bits per heavy atom. The highest BCUT2D eigenvalue weighted by molar-refractivity contribution is 6.76. The van der Waals surface area contributed by atoms with Crippen LogP contribution in [0.3, 0.4) is 0 Å². The van der Waals surface area contributed by atoms with E-state index in [1.807, 2.05) is 0 Å². The Bertz CT molecular complexity index is 107. The molecule has 0 saturated heterocycles. The molecule has 0 unspecified atom stereocenters. The smallest absolute Gasteiger partial charge is 0.122 e. The Balaban J connectivity index is 3.84. The Hall–Kier alpha value is 0.177. The number of rotatable bonds is 8. The van der Waals surface area contributed by atoms with Crippen LogP contribution in [0.2, 0.25) is 18.6 Å². The van der Waals surface area contributed by atoms with Crippen LogP contribution in [0.5, 0.6) is 0 Å². The molecule has 0 aromatic carbocycles. The molecule has 2 heteroatoms. The highest BCUT2D eigenvalue weighted by Crippen LogP contribution is 2.18. The van der Waals surface area contributed by atoms with Crippen LogP contribution in [0.1, 0.15) is 46.5 Å². The van der Waals surface area contributed by atoms with Crippen LogP contribution in [-0.4, -0.2) is 14.8 Å². The fourth-order valence-electron chi connectivity index (χ4n) is 1.86. The van der Waals surface area contributed by atoms with Crippen LogP contribution < -0.4 is 4.98 Å². The topological polar surface area (TPSA) is 12.0 Å². The lowest BCUT2D eigenvalue weighted by atomic mass is 10.4. The fraction of sp³-hybridized carbons (Fsp3) is 1.00. The van der Waals surface area contributed by atoms with Crippen molar-refractivity contribution in [2.24, 2.45) is 0 Å². The second-order valence-electron chi connectivity index (χ2n) is 4.30. The molecule has 0 spiro atoms. The molecule has 1 N–H and O–H groups in total. The molecule has 0 saturated carbocycles. The Morgan fingerprint density at radius 1 is 0.923 bits per heavy atom. The first-order chi connectivity index (χ1) is 6.18. The van der Waals surface area contributed by atoms with E-state index < -0.39 is 8.24 Å². The minimum Gasteiger partial charge on any atom is -0.337 e. The summed E-state index contributed by atoms with van der Waals surface area (Å²) in [6.07, 6.45) is 5.53. The second kappa shape index (κ2) is 7.57. The molecule has 0 bridgehead atoms. The first-order valence-corrected chi connectivity index (χ1v) is 8.85. The molecule has 0 aliphatic carbocycles. The number of unbranched alkanes of at least 4 members (excludes halogenated alkanes) is 2. The van der Waals surface area contributed by atoms with Crippen LogP contribution in [0, 0.1) is 0 Å². The van der Waals surface area contributed by atoms with Crippen LogP contribution in [0.25, 0.3) is 0 Å². The molecule has 0 radical (unpaired) electrons. The van der Waals surface area contributed by atoms with Crippen molar-refractivity contribution in [1.82, 2.24) is 4.98 Å². The maximum Gasteiger partial charge on any atom is 0.122 e. The molecule has 0 heterocycles. The van der Waals surface area contributed by atoms with Crippen molar-refractivity contribution in [2.45, 2.75) is 65.1 Å². The van der Waals surface area contributed by atoms with Crippen molar-refractivity contribution in [3.05, 3.63) is 0 Å². The molecule has 0 rings (SSSR count). The molecule has 0 amide bonds. The van der Waals surface area contributed by atoms with Gasteiger partial charge in [-0.15, -0.1) is 0 Å². The minimum atomic E-state index is -1.04. The van der Waals surface area contributed by atoms with Gasteiger partial charge in [-0.25, -0.2) is 0 Å². The van der Waals surface area contributed by atoms with E-state index in [0.717, 1.165) is 6.54 Å². The van der Waals surface area contributed by atoms with Gasteiger partial charge in [0.25, 0.3) is 0 Å². The highest BCUT2D eigenvalue weighted by atomic mass is 28.3. The van der Waals surface area contributed by atoms with E-state index in [1.54, 1.807) is 0 Å². The predicted octanol–water partition coefficient (Wildman–Crippen LogP) is 3.77. The molecule has 0 aromatic heterocycles. The molecule has 1 nitrogen and oxygen atoms in total. The van der Waals surface area contributed by atoms with Gasteiger partial charge in [0.2, 0.25) is 0 Å². The zero-order valence-electron chi connectivity index (χ0n) is 9.95. The standard InChI is InChI=1S/C11H27NSi/c1-5-8-10-13(4,12-7-3)11-9-6-2/h12H,5-11H2,1-4H3. The largest absolute Gasteiger partial charge is 0.337 e. The molecule has 13 heavy (non-hydrogen) atoms. The van der Waals surface area contributed by atoms with Gasteiger partial charge in [-0.05, 0) is 18.6 Å². The zero-order chi connectivity index (χ0) is 10.2. The van der Waals surface area contributed by atoms with Crippen LogP contribution in [0.15, 0.2) is 0 Å². The third-order valence-corrected chi connectivity index (χ3v) is 6.89. The van der Waals surface area contributed by atoms with E-state index in [2.05, 4.69) is 32.3 Å². The highest BCUT2D eigenvalue weighted by Gasteiger charge is 2.24. The van der Waals surface area contributed by atoms with Crippen molar-refractivity contribution in [2.75, 3.05) is 6.54 Å². The number of hydrogen-bond acceptors (Lipinski definition) is 1. The van der Waals surface area contributed by atoms with E-state index >= 15 is 0 Å². The van der Waals surface area contributed by atoms with Crippen LogP contribution >= 0.6 is 0 Å².